The standard InChI is InChI=1S/C25H18FN3O/c26-20-10-6-17(7-11-20)16-30-21-12-8-19(9-13-21)24-14-22(18-4-2-1-3-5-18)23(15-27)25(28)29-24/h1-14H,16H2,(H2,28,29). The molecule has 0 unspecified atom stereocenters. The molecule has 0 spiro atoms. The topological polar surface area (TPSA) is 71.9 Å². The Bertz CT molecular complexity index is 1200. The van der Waals surface area contributed by atoms with Crippen molar-refractivity contribution in [2.75, 3.05) is 5.73 Å². The molecule has 4 nitrogen and oxygen atoms in total. The number of hydrogen-bond donors (Lipinski definition) is 1. The fraction of sp³-hybridized carbons (Fsp3) is 0.0400. The summed E-state index contributed by atoms with van der Waals surface area (Å²) >= 11 is 0. The largest absolute Gasteiger partial charge is 0.489 e. The molecule has 1 heterocycles. The third-order valence-electron chi connectivity index (χ3n) is 4.71. The lowest BCUT2D eigenvalue weighted by atomic mass is 9.98. The van der Waals surface area contributed by atoms with Crippen LogP contribution in [0.4, 0.5) is 10.2 Å². The summed E-state index contributed by atoms with van der Waals surface area (Å²) < 4.78 is 18.8. The van der Waals surface area contributed by atoms with Gasteiger partial charge in [-0.2, -0.15) is 5.26 Å². The van der Waals surface area contributed by atoms with Crippen LogP contribution in [0.25, 0.3) is 22.4 Å². The molecular formula is C25H18FN3O. The number of nitrogens with two attached hydrogens (primary N) is 1. The van der Waals surface area contributed by atoms with Crippen molar-refractivity contribution in [3.05, 3.63) is 102 Å². The molecule has 0 saturated carbocycles. The van der Waals surface area contributed by atoms with Crippen molar-refractivity contribution in [1.29, 1.82) is 5.26 Å². The highest BCUT2D eigenvalue weighted by Crippen LogP contribution is 2.31. The molecule has 5 heteroatoms. The van der Waals surface area contributed by atoms with Crippen molar-refractivity contribution in [3.8, 4) is 34.2 Å². The Morgan fingerprint density at radius 2 is 1.60 bits per heavy atom. The zero-order valence-electron chi connectivity index (χ0n) is 16.0. The SMILES string of the molecule is N#Cc1c(-c2ccccc2)cc(-c2ccc(OCc3ccc(F)cc3)cc2)nc1N. The van der Waals surface area contributed by atoms with Crippen LogP contribution in [0.15, 0.2) is 84.9 Å². The fourth-order valence-electron chi connectivity index (χ4n) is 3.14. The van der Waals surface area contributed by atoms with E-state index in [9.17, 15) is 9.65 Å². The smallest absolute Gasteiger partial charge is 0.142 e. The molecule has 0 radical (unpaired) electrons. The molecule has 0 aliphatic carbocycles. The predicted molar refractivity (Wildman–Crippen MR) is 115 cm³/mol. The van der Waals surface area contributed by atoms with Gasteiger partial charge in [0.05, 0.1) is 5.69 Å². The number of hydrogen-bond acceptors (Lipinski definition) is 4. The highest BCUT2D eigenvalue weighted by molar-refractivity contribution is 5.80. The molecule has 0 aliphatic heterocycles. The van der Waals surface area contributed by atoms with Crippen molar-refractivity contribution in [3.63, 3.8) is 0 Å². The van der Waals surface area contributed by atoms with E-state index in [0.717, 1.165) is 22.3 Å². The Hall–Kier alpha value is -4.17. The van der Waals surface area contributed by atoms with Crippen LogP contribution in [0.3, 0.4) is 0 Å². The minimum absolute atomic E-state index is 0.200. The molecule has 2 N–H and O–H groups in total. The van der Waals surface area contributed by atoms with Gasteiger partial charge in [0.2, 0.25) is 0 Å². The number of nitrogens with zero attached hydrogens (tertiary/aromatic N) is 2. The van der Waals surface area contributed by atoms with Crippen molar-refractivity contribution in [2.45, 2.75) is 6.61 Å². The van der Waals surface area contributed by atoms with Crippen molar-refractivity contribution in [2.24, 2.45) is 0 Å². The first kappa shape index (κ1) is 19.2. The maximum atomic E-state index is 13.0. The summed E-state index contributed by atoms with van der Waals surface area (Å²) in [6.45, 7) is 0.347. The van der Waals surface area contributed by atoms with Gasteiger partial charge in [0.15, 0.2) is 0 Å². The Balaban J connectivity index is 1.59. The van der Waals surface area contributed by atoms with Crippen LogP contribution in [-0.4, -0.2) is 4.98 Å². The van der Waals surface area contributed by atoms with Gasteiger partial charge < -0.3 is 10.5 Å². The monoisotopic (exact) mass is 395 g/mol. The second kappa shape index (κ2) is 8.46. The second-order valence-electron chi connectivity index (χ2n) is 6.73. The lowest BCUT2D eigenvalue weighted by Crippen LogP contribution is -2.00. The summed E-state index contributed by atoms with van der Waals surface area (Å²) in [6, 6.07) is 27.3. The van der Waals surface area contributed by atoms with Gasteiger partial charge in [0.1, 0.15) is 35.6 Å². The zero-order valence-corrected chi connectivity index (χ0v) is 16.0. The number of nitriles is 1. The Morgan fingerprint density at radius 1 is 0.900 bits per heavy atom. The van der Waals surface area contributed by atoms with E-state index < -0.39 is 0 Å². The second-order valence-corrected chi connectivity index (χ2v) is 6.73. The number of rotatable bonds is 5. The molecule has 4 rings (SSSR count). The van der Waals surface area contributed by atoms with Gasteiger partial charge in [-0.3, -0.25) is 0 Å². The van der Waals surface area contributed by atoms with E-state index in [1.807, 2.05) is 60.7 Å². The van der Waals surface area contributed by atoms with Crippen LogP contribution in [-0.2, 0) is 6.61 Å². The number of pyridine rings is 1. The van der Waals surface area contributed by atoms with Crippen LogP contribution >= 0.6 is 0 Å². The summed E-state index contributed by atoms with van der Waals surface area (Å²) in [6.07, 6.45) is 0. The highest BCUT2D eigenvalue weighted by atomic mass is 19.1. The number of halogens is 1. The number of ether oxygens (including phenoxy) is 1. The quantitative estimate of drug-likeness (QED) is 0.478. The van der Waals surface area contributed by atoms with E-state index in [0.29, 0.717) is 23.6 Å². The third kappa shape index (κ3) is 4.13. The van der Waals surface area contributed by atoms with Crippen molar-refractivity contribution < 1.29 is 9.13 Å². The molecule has 0 atom stereocenters. The van der Waals surface area contributed by atoms with Crippen LogP contribution in [0.5, 0.6) is 5.75 Å². The molecule has 1 aromatic heterocycles. The summed E-state index contributed by atoms with van der Waals surface area (Å²) in [5.41, 5.74) is 10.5. The minimum Gasteiger partial charge on any atom is -0.489 e. The van der Waals surface area contributed by atoms with E-state index in [1.165, 1.54) is 12.1 Å². The Kier molecular flexibility index (Phi) is 5.40. The molecule has 3 aromatic carbocycles. The molecule has 0 bridgehead atoms. The van der Waals surface area contributed by atoms with E-state index in [1.54, 1.807) is 12.1 Å². The van der Waals surface area contributed by atoms with E-state index in [2.05, 4.69) is 11.1 Å². The number of benzene rings is 3. The highest BCUT2D eigenvalue weighted by Gasteiger charge is 2.13. The lowest BCUT2D eigenvalue weighted by Gasteiger charge is -2.11. The van der Waals surface area contributed by atoms with E-state index in [-0.39, 0.29) is 11.6 Å². The van der Waals surface area contributed by atoms with Crippen LogP contribution < -0.4 is 10.5 Å². The van der Waals surface area contributed by atoms with Crippen LogP contribution in [0.1, 0.15) is 11.1 Å². The lowest BCUT2D eigenvalue weighted by molar-refractivity contribution is 0.306. The normalized spacial score (nSPS) is 10.4. The average Bonchev–Trinajstić information content (AvgIpc) is 2.79. The van der Waals surface area contributed by atoms with Crippen molar-refractivity contribution >= 4 is 5.82 Å². The van der Waals surface area contributed by atoms with Gasteiger partial charge >= 0.3 is 0 Å². The molecular weight excluding hydrogens is 377 g/mol. The molecule has 0 saturated heterocycles. The van der Waals surface area contributed by atoms with Crippen molar-refractivity contribution in [1.82, 2.24) is 4.98 Å². The summed E-state index contributed by atoms with van der Waals surface area (Å²) in [4.78, 5) is 4.41. The Labute approximate surface area is 174 Å². The predicted octanol–water partition coefficient (Wildman–Crippen LogP) is 5.59. The summed E-state index contributed by atoms with van der Waals surface area (Å²) in [5.74, 6) is 0.616. The van der Waals surface area contributed by atoms with Gasteiger partial charge in [-0.15, -0.1) is 0 Å². The minimum atomic E-state index is -0.271. The van der Waals surface area contributed by atoms with E-state index >= 15 is 0 Å². The van der Waals surface area contributed by atoms with E-state index in [4.69, 9.17) is 10.5 Å². The molecule has 0 fully saturated rings. The van der Waals surface area contributed by atoms with Gasteiger partial charge in [-0.05, 0) is 53.6 Å². The number of nitrogen functional groups attached to an aromatic ring is 1. The van der Waals surface area contributed by atoms with Gasteiger partial charge in [0.25, 0.3) is 0 Å². The molecule has 30 heavy (non-hydrogen) atoms. The maximum Gasteiger partial charge on any atom is 0.142 e. The van der Waals surface area contributed by atoms with Gasteiger partial charge in [0, 0.05) is 11.1 Å². The molecule has 4 aromatic rings. The first-order valence-corrected chi connectivity index (χ1v) is 9.38. The fourth-order valence-corrected chi connectivity index (χ4v) is 3.14. The Morgan fingerprint density at radius 3 is 2.27 bits per heavy atom. The van der Waals surface area contributed by atoms with Gasteiger partial charge in [-0.1, -0.05) is 42.5 Å². The molecule has 0 aliphatic rings. The van der Waals surface area contributed by atoms with Gasteiger partial charge in [-0.25, -0.2) is 9.37 Å². The van der Waals surface area contributed by atoms with Crippen LogP contribution in [0.2, 0.25) is 0 Å². The summed E-state index contributed by atoms with van der Waals surface area (Å²) in [7, 11) is 0. The number of aromatic nitrogens is 1. The third-order valence-corrected chi connectivity index (χ3v) is 4.71. The number of anilines is 1. The first-order valence-electron chi connectivity index (χ1n) is 9.38. The summed E-state index contributed by atoms with van der Waals surface area (Å²) in [5, 5.41) is 9.52. The molecule has 146 valence electrons. The first-order chi connectivity index (χ1) is 14.6. The maximum absolute atomic E-state index is 13.0. The van der Waals surface area contributed by atoms with Crippen LogP contribution in [0, 0.1) is 17.1 Å². The zero-order chi connectivity index (χ0) is 20.9. The molecule has 0 amide bonds. The average molecular weight is 395 g/mol.